The number of sulfone groups is 1. The van der Waals surface area contributed by atoms with E-state index in [0.29, 0.717) is 28.5 Å². The summed E-state index contributed by atoms with van der Waals surface area (Å²) in [6, 6.07) is 12.4. The number of hydrogen-bond donors (Lipinski definition) is 0. The summed E-state index contributed by atoms with van der Waals surface area (Å²) in [5.74, 6) is 0.767. The zero-order valence-corrected chi connectivity index (χ0v) is 14.2. The molecule has 1 aliphatic rings. The monoisotopic (exact) mass is 354 g/mol. The molecule has 126 valence electrons. The molecular weight excluding hydrogens is 340 g/mol. The third-order valence-electron chi connectivity index (χ3n) is 4.00. The first-order valence-electron chi connectivity index (χ1n) is 7.55. The molecule has 0 amide bonds. The number of aromatic nitrogens is 1. The van der Waals surface area contributed by atoms with E-state index in [2.05, 4.69) is 9.98 Å². The molecule has 3 aromatic rings. The number of ether oxygens (including phenoxy) is 1. The summed E-state index contributed by atoms with van der Waals surface area (Å²) < 4.78 is 36.3. The lowest BCUT2D eigenvalue weighted by atomic mass is 10.1. The third-order valence-corrected chi connectivity index (χ3v) is 5.65. The van der Waals surface area contributed by atoms with Crippen molar-refractivity contribution in [1.29, 1.82) is 0 Å². The summed E-state index contributed by atoms with van der Waals surface area (Å²) in [5.41, 5.74) is 2.20. The number of methoxy groups -OCH3 is 1. The fraction of sp³-hybridized carbons (Fsp3) is 0.111. The molecule has 4 rings (SSSR count). The quantitative estimate of drug-likeness (QED) is 0.721. The second-order valence-electron chi connectivity index (χ2n) is 5.57. The van der Waals surface area contributed by atoms with E-state index in [1.54, 1.807) is 6.07 Å². The van der Waals surface area contributed by atoms with Gasteiger partial charge in [-0.3, -0.25) is 4.99 Å². The lowest BCUT2D eigenvalue weighted by molar-refractivity contribution is 0.414. The van der Waals surface area contributed by atoms with Gasteiger partial charge in [-0.1, -0.05) is 30.3 Å². The van der Waals surface area contributed by atoms with Crippen molar-refractivity contribution in [2.24, 2.45) is 4.99 Å². The average Bonchev–Trinajstić information content (AvgIpc) is 3.15. The number of rotatable bonds is 3. The minimum atomic E-state index is -3.53. The first-order valence-corrected chi connectivity index (χ1v) is 9.20. The van der Waals surface area contributed by atoms with Gasteiger partial charge in [-0.15, -0.1) is 0 Å². The Kier molecular flexibility index (Phi) is 3.65. The van der Waals surface area contributed by atoms with Crippen LogP contribution in [0.1, 0.15) is 5.56 Å². The van der Waals surface area contributed by atoms with E-state index >= 15 is 0 Å². The van der Waals surface area contributed by atoms with E-state index in [4.69, 9.17) is 9.15 Å². The standard InChI is InChI=1S/C18H14N2O4S/c1-23-16-8-14-18(7-13(16)17-9-19-11-24-17)25(21,22)10-15(20-14)12-5-3-2-4-6-12/h2-9,11H,10H2,1H3. The highest BCUT2D eigenvalue weighted by Gasteiger charge is 2.29. The third kappa shape index (κ3) is 2.72. The van der Waals surface area contributed by atoms with Gasteiger partial charge in [0.05, 0.1) is 40.9 Å². The zero-order valence-electron chi connectivity index (χ0n) is 13.3. The highest BCUT2D eigenvalue weighted by molar-refractivity contribution is 7.92. The van der Waals surface area contributed by atoms with Crippen molar-refractivity contribution in [3.63, 3.8) is 0 Å². The summed E-state index contributed by atoms with van der Waals surface area (Å²) in [6.45, 7) is 0. The predicted octanol–water partition coefficient (Wildman–Crippen LogP) is 3.26. The largest absolute Gasteiger partial charge is 0.496 e. The van der Waals surface area contributed by atoms with Crippen LogP contribution in [-0.4, -0.2) is 32.0 Å². The van der Waals surface area contributed by atoms with Crippen molar-refractivity contribution in [2.45, 2.75) is 4.90 Å². The lowest BCUT2D eigenvalue weighted by Gasteiger charge is -2.18. The topological polar surface area (TPSA) is 81.8 Å². The van der Waals surface area contributed by atoms with E-state index in [1.165, 1.54) is 25.8 Å². The van der Waals surface area contributed by atoms with E-state index in [9.17, 15) is 8.42 Å². The van der Waals surface area contributed by atoms with Gasteiger partial charge in [0.1, 0.15) is 5.75 Å². The Hall–Kier alpha value is -2.93. The molecule has 0 atom stereocenters. The Balaban J connectivity index is 1.93. The zero-order chi connectivity index (χ0) is 17.4. The Morgan fingerprint density at radius 3 is 2.64 bits per heavy atom. The normalized spacial score (nSPS) is 15.3. The number of hydrogen-bond acceptors (Lipinski definition) is 6. The van der Waals surface area contributed by atoms with Gasteiger partial charge in [-0.2, -0.15) is 0 Å². The molecule has 0 fully saturated rings. The summed E-state index contributed by atoms with van der Waals surface area (Å²) in [6.07, 6.45) is 2.80. The molecule has 0 bridgehead atoms. The molecule has 6 nitrogen and oxygen atoms in total. The van der Waals surface area contributed by atoms with Crippen molar-refractivity contribution >= 4 is 21.2 Å². The maximum absolute atomic E-state index is 12.8. The van der Waals surface area contributed by atoms with E-state index in [-0.39, 0.29) is 10.6 Å². The van der Waals surface area contributed by atoms with E-state index < -0.39 is 9.84 Å². The van der Waals surface area contributed by atoms with Crippen LogP contribution in [0.15, 0.2) is 69.4 Å². The van der Waals surface area contributed by atoms with Crippen molar-refractivity contribution in [3.8, 4) is 17.1 Å². The highest BCUT2D eigenvalue weighted by Crippen LogP contribution is 2.40. The molecule has 0 aliphatic carbocycles. The molecule has 7 heteroatoms. The van der Waals surface area contributed by atoms with Crippen molar-refractivity contribution < 1.29 is 17.6 Å². The summed E-state index contributed by atoms with van der Waals surface area (Å²) in [5, 5.41) is 0. The SMILES string of the molecule is COc1cc2c(cc1-c1cnco1)S(=O)(=O)CC(c1ccccc1)=N2. The molecule has 0 saturated carbocycles. The van der Waals surface area contributed by atoms with Crippen molar-refractivity contribution in [1.82, 2.24) is 4.98 Å². The van der Waals surface area contributed by atoms with Crippen LogP contribution in [0.3, 0.4) is 0 Å². The van der Waals surface area contributed by atoms with Gasteiger partial charge in [0.2, 0.25) is 0 Å². The van der Waals surface area contributed by atoms with Crippen LogP contribution < -0.4 is 4.74 Å². The lowest BCUT2D eigenvalue weighted by Crippen LogP contribution is -2.21. The molecule has 0 saturated heterocycles. The van der Waals surface area contributed by atoms with Crippen LogP contribution in [0, 0.1) is 0 Å². The number of oxazole rings is 1. The van der Waals surface area contributed by atoms with Crippen LogP contribution in [0.5, 0.6) is 5.75 Å². The summed E-state index contributed by atoms with van der Waals surface area (Å²) in [7, 11) is -2.01. The minimum absolute atomic E-state index is 0.147. The molecule has 1 aromatic heterocycles. The Morgan fingerprint density at radius 2 is 1.96 bits per heavy atom. The first kappa shape index (κ1) is 15.6. The van der Waals surface area contributed by atoms with Crippen LogP contribution >= 0.6 is 0 Å². The van der Waals surface area contributed by atoms with Gasteiger partial charge >= 0.3 is 0 Å². The molecule has 1 aliphatic heterocycles. The Labute approximate surface area is 144 Å². The fourth-order valence-electron chi connectivity index (χ4n) is 2.81. The summed E-state index contributed by atoms with van der Waals surface area (Å²) >= 11 is 0. The van der Waals surface area contributed by atoms with Crippen LogP contribution in [-0.2, 0) is 9.84 Å². The fourth-order valence-corrected chi connectivity index (χ4v) is 4.28. The van der Waals surface area contributed by atoms with Crippen molar-refractivity contribution in [2.75, 3.05) is 12.9 Å². The minimum Gasteiger partial charge on any atom is -0.496 e. The molecule has 0 N–H and O–H groups in total. The molecule has 0 spiro atoms. The van der Waals surface area contributed by atoms with Crippen molar-refractivity contribution in [3.05, 3.63) is 60.6 Å². The highest BCUT2D eigenvalue weighted by atomic mass is 32.2. The first-order chi connectivity index (χ1) is 12.1. The van der Waals surface area contributed by atoms with Crippen LogP contribution in [0.25, 0.3) is 11.3 Å². The molecule has 0 radical (unpaired) electrons. The van der Waals surface area contributed by atoms with E-state index in [0.717, 1.165) is 5.56 Å². The summed E-state index contributed by atoms with van der Waals surface area (Å²) in [4.78, 5) is 8.59. The molecule has 25 heavy (non-hydrogen) atoms. The maximum atomic E-state index is 12.8. The molecule has 2 aromatic carbocycles. The number of fused-ring (bicyclic) bond motifs is 1. The number of aliphatic imine (C=N–C) groups is 1. The second-order valence-corrected chi connectivity index (χ2v) is 7.53. The smallest absolute Gasteiger partial charge is 0.186 e. The molecular formula is C18H14N2O4S. The average molecular weight is 354 g/mol. The Bertz CT molecular complexity index is 1060. The Morgan fingerprint density at radius 1 is 1.16 bits per heavy atom. The van der Waals surface area contributed by atoms with Gasteiger partial charge < -0.3 is 9.15 Å². The van der Waals surface area contributed by atoms with Gasteiger partial charge in [-0.05, 0) is 11.6 Å². The molecule has 0 unspecified atom stereocenters. The number of nitrogens with zero attached hydrogens (tertiary/aromatic N) is 2. The van der Waals surface area contributed by atoms with Gasteiger partial charge in [-0.25, -0.2) is 13.4 Å². The number of benzene rings is 2. The van der Waals surface area contributed by atoms with Gasteiger partial charge in [0.15, 0.2) is 22.0 Å². The van der Waals surface area contributed by atoms with Crippen LogP contribution in [0.2, 0.25) is 0 Å². The maximum Gasteiger partial charge on any atom is 0.186 e. The molecule has 2 heterocycles. The van der Waals surface area contributed by atoms with Crippen LogP contribution in [0.4, 0.5) is 5.69 Å². The predicted molar refractivity (Wildman–Crippen MR) is 93.2 cm³/mol. The van der Waals surface area contributed by atoms with Gasteiger partial charge in [0.25, 0.3) is 0 Å². The second kappa shape index (κ2) is 5.86. The van der Waals surface area contributed by atoms with Gasteiger partial charge in [0, 0.05) is 6.07 Å². The van der Waals surface area contributed by atoms with E-state index in [1.807, 2.05) is 30.3 Å².